The van der Waals surface area contributed by atoms with E-state index in [1.54, 1.807) is 12.4 Å². The summed E-state index contributed by atoms with van der Waals surface area (Å²) >= 11 is 0. The number of nitrogens with zero attached hydrogens (tertiary/aromatic N) is 4. The van der Waals surface area contributed by atoms with E-state index >= 15 is 4.39 Å². The van der Waals surface area contributed by atoms with Gasteiger partial charge in [-0.05, 0) is 65.0 Å². The topological polar surface area (TPSA) is 48.3 Å². The fourth-order valence-corrected chi connectivity index (χ4v) is 7.08. The second-order valence-electron chi connectivity index (χ2n) is 11.6. The zero-order valence-electron chi connectivity index (χ0n) is 23.9. The number of benzene rings is 5. The number of imidazole rings is 1. The molecule has 0 bridgehead atoms. The summed E-state index contributed by atoms with van der Waals surface area (Å²) in [7, 11) is 0. The van der Waals surface area contributed by atoms with Crippen molar-refractivity contribution in [1.82, 2.24) is 18.9 Å². The third-order valence-electron chi connectivity index (χ3n) is 9.12. The minimum Gasteiger partial charge on any atom is -0.456 e. The highest BCUT2D eigenvalue weighted by atomic mass is 19.1. The third kappa shape index (κ3) is 3.42. The first kappa shape index (κ1) is 24.4. The molecule has 0 saturated carbocycles. The first-order valence-corrected chi connectivity index (χ1v) is 15.0. The van der Waals surface area contributed by atoms with Crippen molar-refractivity contribution in [2.24, 2.45) is 0 Å². The van der Waals surface area contributed by atoms with Gasteiger partial charge in [0.25, 0.3) is 0 Å². The van der Waals surface area contributed by atoms with E-state index in [1.165, 1.54) is 0 Å². The molecule has 6 heteroatoms. The lowest BCUT2D eigenvalue weighted by molar-refractivity contribution is 0.402. The van der Waals surface area contributed by atoms with Crippen LogP contribution in [0.1, 0.15) is 17.3 Å². The molecule has 0 spiro atoms. The van der Waals surface area contributed by atoms with Crippen molar-refractivity contribution in [3.05, 3.63) is 145 Å². The summed E-state index contributed by atoms with van der Waals surface area (Å²) < 4.78 is 27.0. The summed E-state index contributed by atoms with van der Waals surface area (Å²) in [4.78, 5) is 9.41. The van der Waals surface area contributed by atoms with Crippen LogP contribution in [0.5, 0.6) is 0 Å². The fourth-order valence-electron chi connectivity index (χ4n) is 7.08. The van der Waals surface area contributed by atoms with Crippen molar-refractivity contribution >= 4 is 71.2 Å². The van der Waals surface area contributed by atoms with Gasteiger partial charge in [-0.3, -0.25) is 8.97 Å². The van der Waals surface area contributed by atoms with Gasteiger partial charge in [-0.2, -0.15) is 0 Å². The van der Waals surface area contributed by atoms with Crippen LogP contribution >= 0.6 is 0 Å². The highest BCUT2D eigenvalue weighted by molar-refractivity contribution is 6.17. The molecule has 0 aliphatic rings. The van der Waals surface area contributed by atoms with Crippen LogP contribution in [-0.4, -0.2) is 18.9 Å². The quantitative estimate of drug-likeness (QED) is 0.195. The second kappa shape index (κ2) is 9.00. The minimum atomic E-state index is -1.33. The van der Waals surface area contributed by atoms with Crippen molar-refractivity contribution in [2.75, 3.05) is 0 Å². The van der Waals surface area contributed by atoms with Crippen molar-refractivity contribution in [2.45, 2.75) is 6.17 Å². The number of furan rings is 1. The maximum absolute atomic E-state index is 16.5. The van der Waals surface area contributed by atoms with E-state index in [4.69, 9.17) is 9.40 Å². The van der Waals surface area contributed by atoms with E-state index in [-0.39, 0.29) is 0 Å². The van der Waals surface area contributed by atoms with Crippen LogP contribution in [0.4, 0.5) is 4.39 Å². The Labute approximate surface area is 255 Å². The molecule has 5 nitrogen and oxygen atoms in total. The Morgan fingerprint density at radius 2 is 1.36 bits per heavy atom. The summed E-state index contributed by atoms with van der Waals surface area (Å²) in [6.45, 7) is 0. The van der Waals surface area contributed by atoms with Crippen LogP contribution in [0.15, 0.2) is 138 Å². The number of hydrogen-bond acceptors (Lipinski definition) is 3. The van der Waals surface area contributed by atoms with E-state index in [1.807, 2.05) is 85.1 Å². The zero-order valence-corrected chi connectivity index (χ0v) is 23.9. The summed E-state index contributed by atoms with van der Waals surface area (Å²) in [5, 5.41) is 7.35. The molecule has 0 aliphatic carbocycles. The molecule has 5 heterocycles. The first-order chi connectivity index (χ1) is 22.2. The zero-order chi connectivity index (χ0) is 29.6. The Morgan fingerprint density at radius 3 is 2.31 bits per heavy atom. The fraction of sp³-hybridized carbons (Fsp3) is 0.0256. The third-order valence-corrected chi connectivity index (χ3v) is 9.12. The molecule has 1 atom stereocenters. The molecule has 5 aromatic heterocycles. The van der Waals surface area contributed by atoms with Gasteiger partial charge in [-0.15, -0.1) is 0 Å². The van der Waals surface area contributed by atoms with Crippen LogP contribution in [-0.2, 0) is 0 Å². The van der Waals surface area contributed by atoms with Crippen LogP contribution in [0, 0.1) is 0 Å². The predicted molar refractivity (Wildman–Crippen MR) is 179 cm³/mol. The molecular weight excluding hydrogens is 559 g/mol. The number of hydrogen-bond donors (Lipinski definition) is 0. The van der Waals surface area contributed by atoms with E-state index in [9.17, 15) is 0 Å². The van der Waals surface area contributed by atoms with Crippen molar-refractivity contribution in [1.29, 1.82) is 0 Å². The Hall–Kier alpha value is -6.01. The molecule has 0 fully saturated rings. The molecule has 1 unspecified atom stereocenters. The number of alkyl halides is 1. The monoisotopic (exact) mass is 582 g/mol. The van der Waals surface area contributed by atoms with Crippen LogP contribution in [0.25, 0.3) is 76.9 Å². The van der Waals surface area contributed by atoms with Gasteiger partial charge in [0.15, 0.2) is 6.17 Å². The summed E-state index contributed by atoms with van der Waals surface area (Å²) in [5.41, 5.74) is 7.33. The molecule has 5 aromatic carbocycles. The Balaban J connectivity index is 1.15. The molecule has 10 aromatic rings. The molecular formula is C39H23FN4O. The van der Waals surface area contributed by atoms with Gasteiger partial charge < -0.3 is 4.42 Å². The Kier molecular flexibility index (Phi) is 4.89. The number of aromatic nitrogens is 4. The molecule has 0 N–H and O–H groups in total. The highest BCUT2D eigenvalue weighted by Crippen LogP contribution is 2.39. The van der Waals surface area contributed by atoms with Gasteiger partial charge in [0, 0.05) is 62.7 Å². The van der Waals surface area contributed by atoms with Gasteiger partial charge in [-0.25, -0.2) is 14.4 Å². The average molecular weight is 583 g/mol. The van der Waals surface area contributed by atoms with Gasteiger partial charge in [0.1, 0.15) is 22.5 Å². The Bertz CT molecular complexity index is 2810. The number of halogens is 1. The van der Waals surface area contributed by atoms with E-state index in [0.717, 1.165) is 76.9 Å². The van der Waals surface area contributed by atoms with Crippen LogP contribution < -0.4 is 0 Å². The number of rotatable bonds is 3. The number of fused-ring (bicyclic) bond motifs is 12. The maximum atomic E-state index is 16.5. The van der Waals surface area contributed by atoms with Crippen molar-refractivity contribution < 1.29 is 8.81 Å². The molecule has 45 heavy (non-hydrogen) atoms. The normalized spacial score (nSPS) is 12.9. The SMILES string of the molecule is FC(c1cccc(-n2c3cc4oc5ccccc5c4cc3c3cccnc32)c1)c1ccc2c3ccccc3n3ccnc3c2c1. The Morgan fingerprint density at radius 1 is 0.533 bits per heavy atom. The van der Waals surface area contributed by atoms with Crippen LogP contribution in [0.2, 0.25) is 0 Å². The van der Waals surface area contributed by atoms with E-state index in [2.05, 4.69) is 50.3 Å². The molecule has 212 valence electrons. The lowest BCUT2D eigenvalue weighted by Crippen LogP contribution is -2.00. The van der Waals surface area contributed by atoms with E-state index < -0.39 is 6.17 Å². The lowest BCUT2D eigenvalue weighted by Gasteiger charge is -2.14. The molecule has 0 radical (unpaired) electrons. The minimum absolute atomic E-state index is 0.572. The van der Waals surface area contributed by atoms with Crippen molar-refractivity contribution in [3.63, 3.8) is 0 Å². The average Bonchev–Trinajstić information content (AvgIpc) is 3.81. The van der Waals surface area contributed by atoms with Gasteiger partial charge >= 0.3 is 0 Å². The smallest absolute Gasteiger partial charge is 0.150 e. The standard InChI is InChI=1S/C39H23FN4O/c40-37(24-14-15-26-27-9-1-3-12-33(27)43-18-17-42-38(43)32(26)20-24)23-7-5-8-25(19-23)44-34-22-36-31(28-10-2-4-13-35(28)45-36)21-30(34)29-11-6-16-41-39(29)44/h1-22,37H. The summed E-state index contributed by atoms with van der Waals surface area (Å²) in [6, 6.07) is 38.2. The second-order valence-corrected chi connectivity index (χ2v) is 11.6. The highest BCUT2D eigenvalue weighted by Gasteiger charge is 2.20. The first-order valence-electron chi connectivity index (χ1n) is 15.0. The van der Waals surface area contributed by atoms with Gasteiger partial charge in [0.2, 0.25) is 0 Å². The summed E-state index contributed by atoms with van der Waals surface area (Å²) in [6.07, 6.45) is 4.22. The molecule has 10 rings (SSSR count). The maximum Gasteiger partial charge on any atom is 0.150 e. The number of para-hydroxylation sites is 2. The lowest BCUT2D eigenvalue weighted by atomic mass is 9.98. The number of pyridine rings is 2. The van der Waals surface area contributed by atoms with Crippen LogP contribution in [0.3, 0.4) is 0 Å². The van der Waals surface area contributed by atoms with Gasteiger partial charge in [0.05, 0.1) is 11.0 Å². The molecule has 0 aliphatic heterocycles. The predicted octanol–water partition coefficient (Wildman–Crippen LogP) is 10.1. The largest absolute Gasteiger partial charge is 0.456 e. The molecule has 0 saturated heterocycles. The molecule has 0 amide bonds. The summed E-state index contributed by atoms with van der Waals surface area (Å²) in [5.74, 6) is 0. The van der Waals surface area contributed by atoms with E-state index in [0.29, 0.717) is 11.1 Å². The van der Waals surface area contributed by atoms with Crippen molar-refractivity contribution in [3.8, 4) is 5.69 Å². The van der Waals surface area contributed by atoms with Gasteiger partial charge in [-0.1, -0.05) is 60.7 Å².